The molecule has 1 unspecified atom stereocenters. The normalized spacial score (nSPS) is 12.8. The summed E-state index contributed by atoms with van der Waals surface area (Å²) in [6, 6.07) is 7.31. The highest BCUT2D eigenvalue weighted by Crippen LogP contribution is 2.15. The van der Waals surface area contributed by atoms with E-state index in [9.17, 15) is 0 Å². The molecule has 0 aliphatic heterocycles. The monoisotopic (exact) mass is 166 g/mol. The van der Waals surface area contributed by atoms with E-state index in [1.54, 1.807) is 0 Å². The Hall–Kier alpha value is -1.06. The minimum absolute atomic E-state index is 0.107. The number of nitrogen functional groups attached to an aromatic ring is 1. The van der Waals surface area contributed by atoms with Crippen molar-refractivity contribution < 1.29 is 5.11 Å². The number of rotatable bonds is 3. The summed E-state index contributed by atoms with van der Waals surface area (Å²) in [7, 11) is 0. The standard InChI is InChI=1S/C9H14N2O/c10-8-3-1-2-7(6-8)9(11)4-5-12/h1-3,6,9,12H,4-5,10-11H2. The maximum atomic E-state index is 8.66. The third-order valence-corrected chi connectivity index (χ3v) is 1.78. The first-order chi connectivity index (χ1) is 5.74. The van der Waals surface area contributed by atoms with Gasteiger partial charge in [0.15, 0.2) is 0 Å². The molecule has 0 fully saturated rings. The van der Waals surface area contributed by atoms with E-state index >= 15 is 0 Å². The number of hydrogen-bond donors (Lipinski definition) is 3. The Balaban J connectivity index is 2.73. The van der Waals surface area contributed by atoms with Crippen LogP contribution in [0, 0.1) is 0 Å². The van der Waals surface area contributed by atoms with Crippen LogP contribution in [0.1, 0.15) is 18.0 Å². The lowest BCUT2D eigenvalue weighted by molar-refractivity contribution is 0.276. The highest BCUT2D eigenvalue weighted by molar-refractivity contribution is 5.41. The van der Waals surface area contributed by atoms with Gasteiger partial charge < -0.3 is 16.6 Å². The highest BCUT2D eigenvalue weighted by Gasteiger charge is 2.03. The fourth-order valence-electron chi connectivity index (χ4n) is 1.10. The van der Waals surface area contributed by atoms with Crippen molar-refractivity contribution >= 4 is 5.69 Å². The molecule has 0 heterocycles. The molecule has 1 aromatic rings. The van der Waals surface area contributed by atoms with Crippen LogP contribution in [0.15, 0.2) is 24.3 Å². The van der Waals surface area contributed by atoms with Crippen LogP contribution in [0.25, 0.3) is 0 Å². The van der Waals surface area contributed by atoms with Crippen LogP contribution in [-0.4, -0.2) is 11.7 Å². The topological polar surface area (TPSA) is 72.3 Å². The van der Waals surface area contributed by atoms with Gasteiger partial charge in [0.2, 0.25) is 0 Å². The lowest BCUT2D eigenvalue weighted by Gasteiger charge is -2.10. The zero-order chi connectivity index (χ0) is 8.97. The van der Waals surface area contributed by atoms with E-state index in [4.69, 9.17) is 16.6 Å². The lowest BCUT2D eigenvalue weighted by Crippen LogP contribution is -2.11. The summed E-state index contributed by atoms with van der Waals surface area (Å²) in [4.78, 5) is 0. The summed E-state index contributed by atoms with van der Waals surface area (Å²) in [6.07, 6.45) is 0.573. The predicted octanol–water partition coefficient (Wildman–Crippen LogP) is 0.651. The van der Waals surface area contributed by atoms with Gasteiger partial charge in [0.1, 0.15) is 0 Å². The number of nitrogens with two attached hydrogens (primary N) is 2. The molecule has 1 atom stereocenters. The first-order valence-corrected chi connectivity index (χ1v) is 3.96. The summed E-state index contributed by atoms with van der Waals surface area (Å²) in [5.74, 6) is 0. The first kappa shape index (κ1) is 9.03. The van der Waals surface area contributed by atoms with Gasteiger partial charge in [0.05, 0.1) is 0 Å². The second kappa shape index (κ2) is 4.09. The lowest BCUT2D eigenvalue weighted by atomic mass is 10.0. The first-order valence-electron chi connectivity index (χ1n) is 3.96. The van der Waals surface area contributed by atoms with Gasteiger partial charge in [-0.05, 0) is 24.1 Å². The van der Waals surface area contributed by atoms with Crippen molar-refractivity contribution in [3.63, 3.8) is 0 Å². The Morgan fingerprint density at radius 3 is 2.75 bits per heavy atom. The summed E-state index contributed by atoms with van der Waals surface area (Å²) in [6.45, 7) is 0.107. The average molecular weight is 166 g/mol. The van der Waals surface area contributed by atoms with E-state index in [0.717, 1.165) is 5.56 Å². The van der Waals surface area contributed by atoms with Crippen molar-refractivity contribution in [1.29, 1.82) is 0 Å². The Morgan fingerprint density at radius 2 is 2.17 bits per heavy atom. The molecule has 0 aliphatic rings. The van der Waals surface area contributed by atoms with Crippen molar-refractivity contribution in [1.82, 2.24) is 0 Å². The quantitative estimate of drug-likeness (QED) is 0.577. The van der Waals surface area contributed by atoms with E-state index in [0.29, 0.717) is 12.1 Å². The maximum absolute atomic E-state index is 8.66. The van der Waals surface area contributed by atoms with Gasteiger partial charge in [0, 0.05) is 18.3 Å². The molecule has 3 nitrogen and oxygen atoms in total. The van der Waals surface area contributed by atoms with Crippen LogP contribution in [0.4, 0.5) is 5.69 Å². The molecule has 66 valence electrons. The Kier molecular flexibility index (Phi) is 3.08. The zero-order valence-electron chi connectivity index (χ0n) is 6.90. The molecular formula is C9H14N2O. The maximum Gasteiger partial charge on any atom is 0.0449 e. The van der Waals surface area contributed by atoms with E-state index in [2.05, 4.69) is 0 Å². The van der Waals surface area contributed by atoms with Crippen LogP contribution >= 0.6 is 0 Å². The molecule has 0 saturated carbocycles. The number of aliphatic hydroxyl groups is 1. The summed E-state index contributed by atoms with van der Waals surface area (Å²) in [5, 5.41) is 8.66. The van der Waals surface area contributed by atoms with Crippen molar-refractivity contribution in [2.45, 2.75) is 12.5 Å². The van der Waals surface area contributed by atoms with Gasteiger partial charge in [-0.15, -0.1) is 0 Å². The molecule has 5 N–H and O–H groups in total. The summed E-state index contributed by atoms with van der Waals surface area (Å²) < 4.78 is 0. The van der Waals surface area contributed by atoms with E-state index in [-0.39, 0.29) is 12.6 Å². The fourth-order valence-corrected chi connectivity index (χ4v) is 1.10. The molecule has 0 aromatic heterocycles. The van der Waals surface area contributed by atoms with Crippen molar-refractivity contribution in [2.75, 3.05) is 12.3 Å². The molecular weight excluding hydrogens is 152 g/mol. The molecule has 0 saturated heterocycles. The Labute approximate surface area is 72.0 Å². The molecule has 1 rings (SSSR count). The van der Waals surface area contributed by atoms with Gasteiger partial charge >= 0.3 is 0 Å². The summed E-state index contributed by atoms with van der Waals surface area (Å²) in [5.41, 5.74) is 13.0. The second-order valence-electron chi connectivity index (χ2n) is 2.79. The van der Waals surface area contributed by atoms with Crippen LogP contribution in [0.5, 0.6) is 0 Å². The number of anilines is 1. The largest absolute Gasteiger partial charge is 0.399 e. The zero-order valence-corrected chi connectivity index (χ0v) is 6.90. The molecule has 0 spiro atoms. The minimum Gasteiger partial charge on any atom is -0.399 e. The molecule has 0 radical (unpaired) electrons. The molecule has 0 bridgehead atoms. The van der Waals surface area contributed by atoms with Crippen molar-refractivity contribution in [3.8, 4) is 0 Å². The molecule has 3 heteroatoms. The second-order valence-corrected chi connectivity index (χ2v) is 2.79. The van der Waals surface area contributed by atoms with Gasteiger partial charge in [-0.2, -0.15) is 0 Å². The van der Waals surface area contributed by atoms with E-state index < -0.39 is 0 Å². The number of aliphatic hydroxyl groups excluding tert-OH is 1. The van der Waals surface area contributed by atoms with Gasteiger partial charge in [-0.1, -0.05) is 12.1 Å². The molecule has 12 heavy (non-hydrogen) atoms. The van der Waals surface area contributed by atoms with Gasteiger partial charge in [-0.3, -0.25) is 0 Å². The molecule has 0 aliphatic carbocycles. The highest BCUT2D eigenvalue weighted by atomic mass is 16.3. The Morgan fingerprint density at radius 1 is 1.42 bits per heavy atom. The third-order valence-electron chi connectivity index (χ3n) is 1.78. The van der Waals surface area contributed by atoms with Crippen LogP contribution in [-0.2, 0) is 0 Å². The van der Waals surface area contributed by atoms with Gasteiger partial charge in [-0.25, -0.2) is 0 Å². The smallest absolute Gasteiger partial charge is 0.0449 e. The molecule has 0 amide bonds. The SMILES string of the molecule is Nc1cccc(C(N)CCO)c1. The van der Waals surface area contributed by atoms with E-state index in [1.807, 2.05) is 24.3 Å². The van der Waals surface area contributed by atoms with E-state index in [1.165, 1.54) is 0 Å². The number of hydrogen-bond acceptors (Lipinski definition) is 3. The molecule has 1 aromatic carbocycles. The van der Waals surface area contributed by atoms with Crippen LogP contribution in [0.2, 0.25) is 0 Å². The van der Waals surface area contributed by atoms with Crippen molar-refractivity contribution in [3.05, 3.63) is 29.8 Å². The van der Waals surface area contributed by atoms with Crippen LogP contribution < -0.4 is 11.5 Å². The number of benzene rings is 1. The minimum atomic E-state index is -0.113. The third kappa shape index (κ3) is 2.22. The predicted molar refractivity (Wildman–Crippen MR) is 49.5 cm³/mol. The van der Waals surface area contributed by atoms with Crippen molar-refractivity contribution in [2.24, 2.45) is 5.73 Å². The van der Waals surface area contributed by atoms with Gasteiger partial charge in [0.25, 0.3) is 0 Å². The average Bonchev–Trinajstić information content (AvgIpc) is 2.05. The summed E-state index contributed by atoms with van der Waals surface area (Å²) >= 11 is 0. The van der Waals surface area contributed by atoms with Crippen LogP contribution in [0.3, 0.4) is 0 Å². The Bertz CT molecular complexity index is 250. The fraction of sp³-hybridized carbons (Fsp3) is 0.333.